The SMILES string of the molecule is O=C(NCCc1cccc(Cl)c1)c1cncc(C(=O)NCc2ccncc2)c1. The molecular weight excluding hydrogens is 376 g/mol. The highest BCUT2D eigenvalue weighted by molar-refractivity contribution is 6.30. The summed E-state index contributed by atoms with van der Waals surface area (Å²) in [6.07, 6.45) is 6.86. The standard InChI is InChI=1S/C21H19ClN4O2/c22-19-3-1-2-15(10-19)6-9-25-20(27)17-11-18(14-24-13-17)21(28)26-12-16-4-7-23-8-5-16/h1-5,7-8,10-11,13-14H,6,9,12H2,(H,25,27)(H,26,28). The van der Waals surface area contributed by atoms with Gasteiger partial charge in [-0.2, -0.15) is 0 Å². The van der Waals surface area contributed by atoms with E-state index in [2.05, 4.69) is 20.6 Å². The molecule has 0 fully saturated rings. The molecule has 3 aromatic rings. The van der Waals surface area contributed by atoms with Crippen molar-refractivity contribution in [3.05, 3.63) is 94.5 Å². The van der Waals surface area contributed by atoms with Crippen molar-refractivity contribution in [3.63, 3.8) is 0 Å². The van der Waals surface area contributed by atoms with Gasteiger partial charge in [0.2, 0.25) is 0 Å². The van der Waals surface area contributed by atoms with Crippen LogP contribution in [0.2, 0.25) is 5.02 Å². The third-order valence-corrected chi connectivity index (χ3v) is 4.29. The molecule has 28 heavy (non-hydrogen) atoms. The van der Waals surface area contributed by atoms with E-state index in [4.69, 9.17) is 11.6 Å². The van der Waals surface area contributed by atoms with Gasteiger partial charge >= 0.3 is 0 Å². The van der Waals surface area contributed by atoms with Gasteiger partial charge in [-0.25, -0.2) is 0 Å². The summed E-state index contributed by atoms with van der Waals surface area (Å²) in [6, 6.07) is 12.7. The van der Waals surface area contributed by atoms with E-state index in [1.165, 1.54) is 18.5 Å². The minimum Gasteiger partial charge on any atom is -0.352 e. The van der Waals surface area contributed by atoms with Crippen LogP contribution in [0.25, 0.3) is 0 Å². The van der Waals surface area contributed by atoms with Gasteiger partial charge in [0.25, 0.3) is 11.8 Å². The van der Waals surface area contributed by atoms with Crippen molar-refractivity contribution in [1.82, 2.24) is 20.6 Å². The Labute approximate surface area is 168 Å². The molecule has 0 unspecified atom stereocenters. The van der Waals surface area contributed by atoms with E-state index in [1.54, 1.807) is 18.5 Å². The van der Waals surface area contributed by atoms with Crippen molar-refractivity contribution in [2.75, 3.05) is 6.54 Å². The lowest BCUT2D eigenvalue weighted by Crippen LogP contribution is -2.27. The van der Waals surface area contributed by atoms with Crippen molar-refractivity contribution in [2.45, 2.75) is 13.0 Å². The number of hydrogen-bond donors (Lipinski definition) is 2. The van der Waals surface area contributed by atoms with Crippen LogP contribution < -0.4 is 10.6 Å². The summed E-state index contributed by atoms with van der Waals surface area (Å²) in [5, 5.41) is 6.30. The number of carbonyl (C=O) groups excluding carboxylic acids is 2. The fraction of sp³-hybridized carbons (Fsp3) is 0.143. The number of nitrogens with zero attached hydrogens (tertiary/aromatic N) is 2. The Bertz CT molecular complexity index is 963. The molecule has 142 valence electrons. The van der Waals surface area contributed by atoms with Gasteiger partial charge in [-0.15, -0.1) is 0 Å². The van der Waals surface area contributed by atoms with Crippen LogP contribution in [0, 0.1) is 0 Å². The van der Waals surface area contributed by atoms with Crippen LogP contribution in [0.5, 0.6) is 0 Å². The van der Waals surface area contributed by atoms with Crippen LogP contribution in [-0.2, 0) is 13.0 Å². The average molecular weight is 395 g/mol. The molecule has 3 rings (SSSR count). The van der Waals surface area contributed by atoms with Gasteiger partial charge in [-0.05, 0) is 47.9 Å². The second-order valence-corrected chi connectivity index (χ2v) is 6.57. The van der Waals surface area contributed by atoms with E-state index in [0.29, 0.717) is 35.7 Å². The van der Waals surface area contributed by atoms with E-state index in [9.17, 15) is 9.59 Å². The number of nitrogens with one attached hydrogen (secondary N) is 2. The van der Waals surface area contributed by atoms with Crippen LogP contribution >= 0.6 is 11.6 Å². The van der Waals surface area contributed by atoms with Crippen molar-refractivity contribution < 1.29 is 9.59 Å². The molecule has 0 saturated carbocycles. The van der Waals surface area contributed by atoms with E-state index >= 15 is 0 Å². The topological polar surface area (TPSA) is 84.0 Å². The second-order valence-electron chi connectivity index (χ2n) is 6.14. The lowest BCUT2D eigenvalue weighted by atomic mass is 10.1. The predicted octanol–water partition coefficient (Wildman–Crippen LogP) is 3.03. The van der Waals surface area contributed by atoms with Crippen LogP contribution in [-0.4, -0.2) is 28.3 Å². The Balaban J connectivity index is 1.54. The molecule has 0 saturated heterocycles. The van der Waals surface area contributed by atoms with Crippen LogP contribution in [0.15, 0.2) is 67.3 Å². The Morgan fingerprint density at radius 2 is 1.57 bits per heavy atom. The van der Waals surface area contributed by atoms with Gasteiger partial charge in [0.15, 0.2) is 0 Å². The van der Waals surface area contributed by atoms with Crippen LogP contribution in [0.4, 0.5) is 0 Å². The molecule has 2 N–H and O–H groups in total. The third kappa shape index (κ3) is 5.62. The quantitative estimate of drug-likeness (QED) is 0.645. The van der Waals surface area contributed by atoms with Crippen molar-refractivity contribution in [2.24, 2.45) is 0 Å². The van der Waals surface area contributed by atoms with Gasteiger partial charge in [0.1, 0.15) is 0 Å². The molecule has 6 nitrogen and oxygen atoms in total. The molecule has 7 heteroatoms. The highest BCUT2D eigenvalue weighted by Gasteiger charge is 2.11. The fourth-order valence-electron chi connectivity index (χ4n) is 2.59. The molecule has 2 heterocycles. The highest BCUT2D eigenvalue weighted by Crippen LogP contribution is 2.11. The molecule has 2 aromatic heterocycles. The number of pyridine rings is 2. The molecule has 1 aromatic carbocycles. The van der Waals surface area contributed by atoms with Crippen LogP contribution in [0.1, 0.15) is 31.8 Å². The molecular formula is C21H19ClN4O2. The number of hydrogen-bond acceptors (Lipinski definition) is 4. The average Bonchev–Trinajstić information content (AvgIpc) is 2.73. The smallest absolute Gasteiger partial charge is 0.253 e. The molecule has 0 aliphatic heterocycles. The zero-order valence-corrected chi connectivity index (χ0v) is 15.8. The first-order valence-electron chi connectivity index (χ1n) is 8.76. The Hall–Kier alpha value is -3.25. The lowest BCUT2D eigenvalue weighted by Gasteiger charge is -2.08. The first-order valence-corrected chi connectivity index (χ1v) is 9.14. The molecule has 0 radical (unpaired) electrons. The number of benzene rings is 1. The minimum absolute atomic E-state index is 0.279. The van der Waals surface area contributed by atoms with E-state index in [-0.39, 0.29) is 11.8 Å². The Morgan fingerprint density at radius 3 is 2.29 bits per heavy atom. The first-order chi connectivity index (χ1) is 13.6. The normalized spacial score (nSPS) is 10.3. The van der Waals surface area contributed by atoms with E-state index < -0.39 is 0 Å². The van der Waals surface area contributed by atoms with E-state index in [0.717, 1.165) is 11.1 Å². The second kappa shape index (κ2) is 9.62. The number of amides is 2. The van der Waals surface area contributed by atoms with Crippen molar-refractivity contribution >= 4 is 23.4 Å². The lowest BCUT2D eigenvalue weighted by molar-refractivity contribution is 0.0950. The molecule has 0 aliphatic rings. The Morgan fingerprint density at radius 1 is 0.857 bits per heavy atom. The maximum absolute atomic E-state index is 12.3. The van der Waals surface area contributed by atoms with Gasteiger partial charge in [-0.3, -0.25) is 19.6 Å². The molecule has 0 spiro atoms. The van der Waals surface area contributed by atoms with Crippen LogP contribution in [0.3, 0.4) is 0 Å². The van der Waals surface area contributed by atoms with E-state index in [1.807, 2.05) is 30.3 Å². The summed E-state index contributed by atoms with van der Waals surface area (Å²) in [4.78, 5) is 32.6. The van der Waals surface area contributed by atoms with Gasteiger partial charge in [0, 0.05) is 42.9 Å². The summed E-state index contributed by atoms with van der Waals surface area (Å²) in [6.45, 7) is 0.828. The Kier molecular flexibility index (Phi) is 6.70. The monoisotopic (exact) mass is 394 g/mol. The molecule has 0 aliphatic carbocycles. The van der Waals surface area contributed by atoms with Gasteiger partial charge < -0.3 is 10.6 Å². The summed E-state index contributed by atoms with van der Waals surface area (Å²) < 4.78 is 0. The third-order valence-electron chi connectivity index (χ3n) is 4.05. The maximum Gasteiger partial charge on any atom is 0.253 e. The summed E-state index contributed by atoms with van der Waals surface area (Å²) in [5.41, 5.74) is 2.64. The summed E-state index contributed by atoms with van der Waals surface area (Å²) in [5.74, 6) is -0.573. The fourth-order valence-corrected chi connectivity index (χ4v) is 2.80. The van der Waals surface area contributed by atoms with Crippen molar-refractivity contribution in [3.8, 4) is 0 Å². The first kappa shape index (κ1) is 19.5. The number of halogens is 1. The number of aromatic nitrogens is 2. The summed E-state index contributed by atoms with van der Waals surface area (Å²) >= 11 is 5.96. The number of carbonyl (C=O) groups is 2. The summed E-state index contributed by atoms with van der Waals surface area (Å²) in [7, 11) is 0. The minimum atomic E-state index is -0.294. The predicted molar refractivity (Wildman–Crippen MR) is 107 cm³/mol. The molecule has 2 amide bonds. The van der Waals surface area contributed by atoms with Gasteiger partial charge in [-0.1, -0.05) is 23.7 Å². The zero-order valence-electron chi connectivity index (χ0n) is 15.1. The zero-order chi connectivity index (χ0) is 19.8. The largest absolute Gasteiger partial charge is 0.352 e. The molecule has 0 bridgehead atoms. The van der Waals surface area contributed by atoms with Crippen molar-refractivity contribution in [1.29, 1.82) is 0 Å². The number of rotatable bonds is 7. The molecule has 0 atom stereocenters. The van der Waals surface area contributed by atoms with Gasteiger partial charge in [0.05, 0.1) is 11.1 Å². The highest BCUT2D eigenvalue weighted by atomic mass is 35.5. The maximum atomic E-state index is 12.3.